The van der Waals surface area contributed by atoms with Gasteiger partial charge in [0.15, 0.2) is 5.76 Å². The normalized spacial score (nSPS) is 10.5. The first-order valence-corrected chi connectivity index (χ1v) is 10.5. The number of rotatable bonds is 12. The summed E-state index contributed by atoms with van der Waals surface area (Å²) >= 11 is 0. The van der Waals surface area contributed by atoms with Crippen molar-refractivity contribution >= 4 is 23.4 Å². The van der Waals surface area contributed by atoms with Crippen molar-refractivity contribution in [3.05, 3.63) is 54.0 Å². The minimum absolute atomic E-state index is 0.0923. The van der Waals surface area contributed by atoms with Crippen LogP contribution in [0, 0.1) is 0 Å². The van der Waals surface area contributed by atoms with E-state index in [1.54, 1.807) is 24.3 Å². The van der Waals surface area contributed by atoms with Crippen molar-refractivity contribution in [1.29, 1.82) is 0 Å². The van der Waals surface area contributed by atoms with Crippen LogP contribution in [0.1, 0.15) is 62.1 Å². The Kier molecular flexibility index (Phi) is 9.64. The molecule has 0 saturated carbocycles. The molecule has 7 nitrogen and oxygen atoms in total. The van der Waals surface area contributed by atoms with E-state index in [0.717, 1.165) is 31.5 Å². The molecule has 162 valence electrons. The van der Waals surface area contributed by atoms with Gasteiger partial charge in [0.2, 0.25) is 11.8 Å². The molecule has 0 bridgehead atoms. The molecule has 2 rings (SSSR count). The lowest BCUT2D eigenvalue weighted by Crippen LogP contribution is -2.32. The Balaban J connectivity index is 1.74. The predicted molar refractivity (Wildman–Crippen MR) is 116 cm³/mol. The maximum Gasteiger partial charge on any atom is 0.291 e. The van der Waals surface area contributed by atoms with Gasteiger partial charge in [-0.3, -0.25) is 14.4 Å². The highest BCUT2D eigenvalue weighted by Crippen LogP contribution is 2.13. The van der Waals surface area contributed by atoms with Gasteiger partial charge in [-0.15, -0.1) is 0 Å². The fourth-order valence-corrected chi connectivity index (χ4v) is 3.11. The van der Waals surface area contributed by atoms with Crippen LogP contribution in [0.2, 0.25) is 0 Å². The first-order valence-electron chi connectivity index (χ1n) is 10.5. The molecule has 0 aliphatic rings. The number of benzene rings is 1. The number of furan rings is 1. The quantitative estimate of drug-likeness (QED) is 0.551. The third kappa shape index (κ3) is 7.73. The predicted octanol–water partition coefficient (Wildman–Crippen LogP) is 3.97. The molecule has 1 aromatic carbocycles. The van der Waals surface area contributed by atoms with Gasteiger partial charge in [0.05, 0.1) is 6.26 Å². The Morgan fingerprint density at radius 2 is 1.77 bits per heavy atom. The summed E-state index contributed by atoms with van der Waals surface area (Å²) in [5.74, 6) is -0.0670. The minimum Gasteiger partial charge on any atom is -0.459 e. The molecule has 0 aliphatic carbocycles. The van der Waals surface area contributed by atoms with Gasteiger partial charge < -0.3 is 20.0 Å². The summed E-state index contributed by atoms with van der Waals surface area (Å²) in [5.41, 5.74) is 1.49. The average Bonchev–Trinajstić information content (AvgIpc) is 3.27. The SMILES string of the molecule is CCCN(CCC)C(=O)CCCC(=O)NCc1cccc(NC(=O)c2ccco2)c1. The van der Waals surface area contributed by atoms with E-state index in [0.29, 0.717) is 31.5 Å². The number of carbonyl (C=O) groups is 3. The van der Waals surface area contributed by atoms with Crippen LogP contribution in [-0.2, 0) is 16.1 Å². The Hall–Kier alpha value is -3.09. The Morgan fingerprint density at radius 1 is 1.00 bits per heavy atom. The maximum atomic E-state index is 12.2. The zero-order chi connectivity index (χ0) is 21.8. The molecule has 0 saturated heterocycles. The fourth-order valence-electron chi connectivity index (χ4n) is 3.11. The van der Waals surface area contributed by atoms with Gasteiger partial charge in [-0.1, -0.05) is 26.0 Å². The van der Waals surface area contributed by atoms with Gasteiger partial charge in [-0.25, -0.2) is 0 Å². The average molecular weight is 414 g/mol. The summed E-state index contributed by atoms with van der Waals surface area (Å²) in [6.45, 7) is 6.01. The van der Waals surface area contributed by atoms with Crippen LogP contribution in [0.25, 0.3) is 0 Å². The summed E-state index contributed by atoms with van der Waals surface area (Å²) in [6.07, 6.45) is 4.56. The summed E-state index contributed by atoms with van der Waals surface area (Å²) in [6, 6.07) is 10.5. The lowest BCUT2D eigenvalue weighted by atomic mass is 10.1. The van der Waals surface area contributed by atoms with E-state index in [1.807, 2.05) is 17.0 Å². The summed E-state index contributed by atoms with van der Waals surface area (Å²) in [5, 5.41) is 5.63. The van der Waals surface area contributed by atoms with Crippen LogP contribution < -0.4 is 10.6 Å². The molecule has 30 heavy (non-hydrogen) atoms. The number of nitrogens with zero attached hydrogens (tertiary/aromatic N) is 1. The number of hydrogen-bond acceptors (Lipinski definition) is 4. The van der Waals surface area contributed by atoms with Crippen LogP contribution in [0.5, 0.6) is 0 Å². The van der Waals surface area contributed by atoms with Crippen LogP contribution >= 0.6 is 0 Å². The highest BCUT2D eigenvalue weighted by molar-refractivity contribution is 6.02. The highest BCUT2D eigenvalue weighted by atomic mass is 16.3. The van der Waals surface area contributed by atoms with E-state index < -0.39 is 0 Å². The van der Waals surface area contributed by atoms with Crippen LogP contribution in [0.15, 0.2) is 47.1 Å². The van der Waals surface area contributed by atoms with E-state index in [4.69, 9.17) is 4.42 Å². The van der Waals surface area contributed by atoms with Crippen molar-refractivity contribution in [2.75, 3.05) is 18.4 Å². The lowest BCUT2D eigenvalue weighted by molar-refractivity contribution is -0.131. The van der Waals surface area contributed by atoms with E-state index >= 15 is 0 Å². The fraction of sp³-hybridized carbons (Fsp3) is 0.435. The minimum atomic E-state index is -0.328. The topological polar surface area (TPSA) is 91.7 Å². The van der Waals surface area contributed by atoms with Crippen LogP contribution in [-0.4, -0.2) is 35.7 Å². The van der Waals surface area contributed by atoms with Crippen molar-refractivity contribution in [3.63, 3.8) is 0 Å². The van der Waals surface area contributed by atoms with Gasteiger partial charge in [0.1, 0.15) is 0 Å². The van der Waals surface area contributed by atoms with Crippen molar-refractivity contribution in [2.45, 2.75) is 52.5 Å². The standard InChI is InChI=1S/C23H31N3O4/c1-3-13-26(14-4-2)22(28)12-6-11-21(27)24-17-18-8-5-9-19(16-18)25-23(29)20-10-7-15-30-20/h5,7-10,15-16H,3-4,6,11-14,17H2,1-2H3,(H,24,27)(H,25,29). The third-order valence-electron chi connectivity index (χ3n) is 4.55. The Labute approximate surface area is 177 Å². The van der Waals surface area contributed by atoms with Crippen molar-refractivity contribution in [2.24, 2.45) is 0 Å². The van der Waals surface area contributed by atoms with Gasteiger partial charge >= 0.3 is 0 Å². The van der Waals surface area contributed by atoms with Crippen molar-refractivity contribution in [3.8, 4) is 0 Å². The van der Waals surface area contributed by atoms with Crippen molar-refractivity contribution < 1.29 is 18.8 Å². The monoisotopic (exact) mass is 413 g/mol. The zero-order valence-corrected chi connectivity index (χ0v) is 17.8. The summed E-state index contributed by atoms with van der Waals surface area (Å²) in [4.78, 5) is 38.3. The molecule has 0 radical (unpaired) electrons. The molecule has 1 aromatic heterocycles. The summed E-state index contributed by atoms with van der Waals surface area (Å²) < 4.78 is 5.08. The van der Waals surface area contributed by atoms with Gasteiger partial charge in [-0.05, 0) is 49.1 Å². The molecule has 2 N–H and O–H groups in total. The molecule has 0 fully saturated rings. The molecule has 3 amide bonds. The Morgan fingerprint density at radius 3 is 2.43 bits per heavy atom. The molecule has 1 heterocycles. The molecule has 0 atom stereocenters. The molecular formula is C23H31N3O4. The van der Waals surface area contributed by atoms with Crippen LogP contribution in [0.3, 0.4) is 0 Å². The molecule has 7 heteroatoms. The third-order valence-corrected chi connectivity index (χ3v) is 4.55. The summed E-state index contributed by atoms with van der Waals surface area (Å²) in [7, 11) is 0. The second-order valence-electron chi connectivity index (χ2n) is 7.14. The zero-order valence-electron chi connectivity index (χ0n) is 17.8. The lowest BCUT2D eigenvalue weighted by Gasteiger charge is -2.21. The van der Waals surface area contributed by atoms with Crippen molar-refractivity contribution in [1.82, 2.24) is 10.2 Å². The van der Waals surface area contributed by atoms with E-state index in [9.17, 15) is 14.4 Å². The molecule has 0 aliphatic heterocycles. The smallest absolute Gasteiger partial charge is 0.291 e. The van der Waals surface area contributed by atoms with Gasteiger partial charge in [0.25, 0.3) is 5.91 Å². The molecule has 2 aromatic rings. The largest absolute Gasteiger partial charge is 0.459 e. The number of anilines is 1. The number of carbonyl (C=O) groups excluding carboxylic acids is 3. The molecule has 0 unspecified atom stereocenters. The highest BCUT2D eigenvalue weighted by Gasteiger charge is 2.12. The number of hydrogen-bond donors (Lipinski definition) is 2. The number of nitrogens with one attached hydrogen (secondary N) is 2. The van der Waals surface area contributed by atoms with E-state index in [-0.39, 0.29) is 23.5 Å². The first kappa shape index (κ1) is 23.2. The number of amides is 3. The Bertz CT molecular complexity index is 812. The molecular weight excluding hydrogens is 382 g/mol. The second-order valence-corrected chi connectivity index (χ2v) is 7.14. The second kappa shape index (κ2) is 12.5. The molecule has 0 spiro atoms. The first-order chi connectivity index (χ1) is 14.5. The maximum absolute atomic E-state index is 12.2. The van der Waals surface area contributed by atoms with E-state index in [1.165, 1.54) is 6.26 Å². The van der Waals surface area contributed by atoms with E-state index in [2.05, 4.69) is 24.5 Å². The van der Waals surface area contributed by atoms with Gasteiger partial charge in [-0.2, -0.15) is 0 Å². The van der Waals surface area contributed by atoms with Crippen LogP contribution in [0.4, 0.5) is 5.69 Å². The van der Waals surface area contributed by atoms with Gasteiger partial charge in [0, 0.05) is 38.2 Å².